The molecule has 0 saturated carbocycles. The molecule has 0 heterocycles. The Hall–Kier alpha value is -2.16. The second-order valence-corrected chi connectivity index (χ2v) is 7.19. The third-order valence-corrected chi connectivity index (χ3v) is 4.90. The zero-order valence-electron chi connectivity index (χ0n) is 13.3. The second-order valence-electron chi connectivity index (χ2n) is 5.02. The lowest BCUT2D eigenvalue weighted by molar-refractivity contribution is -0.120. The van der Waals surface area contributed by atoms with E-state index in [1.165, 1.54) is 49.6 Å². The Balaban J connectivity index is 1.96. The van der Waals surface area contributed by atoms with Crippen molar-refractivity contribution in [3.05, 3.63) is 58.9 Å². The van der Waals surface area contributed by atoms with Crippen LogP contribution in [0, 0.1) is 5.82 Å². The van der Waals surface area contributed by atoms with Crippen molar-refractivity contribution in [3.8, 4) is 5.75 Å². The van der Waals surface area contributed by atoms with Gasteiger partial charge in [0.25, 0.3) is 0 Å². The number of nitrogens with one attached hydrogen (secondary N) is 2. The molecule has 0 spiro atoms. The summed E-state index contributed by atoms with van der Waals surface area (Å²) in [6, 6.07) is 9.75. The van der Waals surface area contributed by atoms with E-state index in [0.717, 1.165) is 0 Å². The van der Waals surface area contributed by atoms with Gasteiger partial charge in [0, 0.05) is 11.6 Å². The number of methoxy groups -OCH3 is 1. The molecule has 9 heteroatoms. The van der Waals surface area contributed by atoms with Crippen molar-refractivity contribution in [3.63, 3.8) is 0 Å². The highest BCUT2D eigenvalue weighted by atomic mass is 35.5. The molecule has 0 atom stereocenters. The minimum atomic E-state index is -3.98. The molecule has 134 valence electrons. The second kappa shape index (κ2) is 8.28. The first-order valence-corrected chi connectivity index (χ1v) is 9.02. The SMILES string of the molecule is COc1ccc(Cl)cc1S(=O)(=O)NCC(=O)NCc1ccc(F)cc1. The van der Waals surface area contributed by atoms with E-state index in [0.29, 0.717) is 5.56 Å². The molecule has 0 aliphatic carbocycles. The highest BCUT2D eigenvalue weighted by Crippen LogP contribution is 2.26. The zero-order valence-corrected chi connectivity index (χ0v) is 14.8. The van der Waals surface area contributed by atoms with Crippen LogP contribution in [0.15, 0.2) is 47.4 Å². The molecule has 1 amide bonds. The molecular weight excluding hydrogens is 371 g/mol. The average Bonchev–Trinajstić information content (AvgIpc) is 2.59. The van der Waals surface area contributed by atoms with Crippen LogP contribution >= 0.6 is 11.6 Å². The Morgan fingerprint density at radius 2 is 1.88 bits per heavy atom. The smallest absolute Gasteiger partial charge is 0.244 e. The van der Waals surface area contributed by atoms with E-state index in [-0.39, 0.29) is 28.0 Å². The van der Waals surface area contributed by atoms with Crippen LogP contribution in [0.1, 0.15) is 5.56 Å². The van der Waals surface area contributed by atoms with E-state index in [1.807, 2.05) is 0 Å². The fraction of sp³-hybridized carbons (Fsp3) is 0.188. The van der Waals surface area contributed by atoms with Crippen LogP contribution in [0.5, 0.6) is 5.75 Å². The molecular formula is C16H16ClFN2O4S. The summed E-state index contributed by atoms with van der Waals surface area (Å²) in [4.78, 5) is 11.7. The number of amides is 1. The lowest BCUT2D eigenvalue weighted by atomic mass is 10.2. The number of hydrogen-bond acceptors (Lipinski definition) is 4. The first-order chi connectivity index (χ1) is 11.8. The van der Waals surface area contributed by atoms with E-state index >= 15 is 0 Å². The van der Waals surface area contributed by atoms with Crippen molar-refractivity contribution in [2.45, 2.75) is 11.4 Å². The van der Waals surface area contributed by atoms with Gasteiger partial charge in [-0.1, -0.05) is 23.7 Å². The van der Waals surface area contributed by atoms with Gasteiger partial charge in [-0.2, -0.15) is 0 Å². The molecule has 0 fully saturated rings. The molecule has 0 bridgehead atoms. The largest absolute Gasteiger partial charge is 0.495 e. The van der Waals surface area contributed by atoms with Crippen LogP contribution < -0.4 is 14.8 Å². The zero-order chi connectivity index (χ0) is 18.4. The molecule has 2 aromatic rings. The van der Waals surface area contributed by atoms with Gasteiger partial charge in [0.1, 0.15) is 16.5 Å². The maximum atomic E-state index is 12.8. The van der Waals surface area contributed by atoms with E-state index in [9.17, 15) is 17.6 Å². The van der Waals surface area contributed by atoms with Crippen molar-refractivity contribution in [1.29, 1.82) is 0 Å². The van der Waals surface area contributed by atoms with Crippen LogP contribution in [0.4, 0.5) is 4.39 Å². The predicted molar refractivity (Wildman–Crippen MR) is 91.4 cm³/mol. The summed E-state index contributed by atoms with van der Waals surface area (Å²) >= 11 is 5.82. The Morgan fingerprint density at radius 3 is 2.52 bits per heavy atom. The number of halogens is 2. The maximum absolute atomic E-state index is 12.8. The normalized spacial score (nSPS) is 11.2. The molecule has 6 nitrogen and oxygen atoms in total. The van der Waals surface area contributed by atoms with Crippen LogP contribution in [-0.4, -0.2) is 28.0 Å². The summed E-state index contributed by atoms with van der Waals surface area (Å²) in [5, 5.41) is 2.76. The molecule has 2 rings (SSSR count). The van der Waals surface area contributed by atoms with Gasteiger partial charge in [-0.3, -0.25) is 4.79 Å². The standard InChI is InChI=1S/C16H16ClFN2O4S/c1-24-14-7-4-12(17)8-15(14)25(22,23)20-10-16(21)19-9-11-2-5-13(18)6-3-11/h2-8,20H,9-10H2,1H3,(H,19,21). The van der Waals surface area contributed by atoms with Crippen molar-refractivity contribution in [2.24, 2.45) is 0 Å². The van der Waals surface area contributed by atoms with Gasteiger partial charge in [-0.05, 0) is 35.9 Å². The lowest BCUT2D eigenvalue weighted by Crippen LogP contribution is -2.36. The summed E-state index contributed by atoms with van der Waals surface area (Å²) in [5.74, 6) is -0.796. The van der Waals surface area contributed by atoms with E-state index < -0.39 is 22.5 Å². The minimum Gasteiger partial charge on any atom is -0.495 e. The molecule has 0 aliphatic heterocycles. The summed E-state index contributed by atoms with van der Waals surface area (Å²) in [7, 11) is -2.65. The van der Waals surface area contributed by atoms with Crippen LogP contribution in [0.3, 0.4) is 0 Å². The van der Waals surface area contributed by atoms with Gasteiger partial charge >= 0.3 is 0 Å². The fourth-order valence-electron chi connectivity index (χ4n) is 1.96. The van der Waals surface area contributed by atoms with Crippen molar-refractivity contribution in [2.75, 3.05) is 13.7 Å². The highest BCUT2D eigenvalue weighted by molar-refractivity contribution is 7.89. The quantitative estimate of drug-likeness (QED) is 0.763. The molecule has 2 N–H and O–H groups in total. The molecule has 0 aliphatic rings. The van der Waals surface area contributed by atoms with Crippen LogP contribution in [0.25, 0.3) is 0 Å². The van der Waals surface area contributed by atoms with Crippen molar-refractivity contribution < 1.29 is 22.3 Å². The summed E-state index contributed by atoms with van der Waals surface area (Å²) in [6.07, 6.45) is 0. The fourth-order valence-corrected chi connectivity index (χ4v) is 3.38. The molecule has 0 radical (unpaired) electrons. The number of hydrogen-bond donors (Lipinski definition) is 2. The van der Waals surface area contributed by atoms with E-state index in [4.69, 9.17) is 16.3 Å². The molecule has 25 heavy (non-hydrogen) atoms. The lowest BCUT2D eigenvalue weighted by Gasteiger charge is -2.11. The molecule has 0 aromatic heterocycles. The van der Waals surface area contributed by atoms with Gasteiger partial charge < -0.3 is 10.1 Å². The van der Waals surface area contributed by atoms with Gasteiger partial charge in [0.05, 0.1) is 13.7 Å². The summed E-state index contributed by atoms with van der Waals surface area (Å²) in [6.45, 7) is -0.305. The minimum absolute atomic E-state index is 0.114. The van der Waals surface area contributed by atoms with Gasteiger partial charge in [0.15, 0.2) is 0 Å². The maximum Gasteiger partial charge on any atom is 0.244 e. The number of rotatable bonds is 7. The predicted octanol–water partition coefficient (Wildman–Crippen LogP) is 2.08. The molecule has 0 saturated heterocycles. The number of benzene rings is 2. The average molecular weight is 387 g/mol. The van der Waals surface area contributed by atoms with Gasteiger partial charge in [-0.15, -0.1) is 0 Å². The third-order valence-electron chi connectivity index (χ3n) is 3.24. The monoisotopic (exact) mass is 386 g/mol. The number of carbonyl (C=O) groups excluding carboxylic acids is 1. The number of carbonyl (C=O) groups is 1. The Bertz CT molecular complexity index is 857. The Labute approximate surface area is 150 Å². The van der Waals surface area contributed by atoms with Crippen molar-refractivity contribution in [1.82, 2.24) is 10.0 Å². The molecule has 2 aromatic carbocycles. The first-order valence-electron chi connectivity index (χ1n) is 7.16. The van der Waals surface area contributed by atoms with Gasteiger partial charge in [0.2, 0.25) is 15.9 Å². The Morgan fingerprint density at radius 1 is 1.20 bits per heavy atom. The topological polar surface area (TPSA) is 84.5 Å². The highest BCUT2D eigenvalue weighted by Gasteiger charge is 2.20. The van der Waals surface area contributed by atoms with E-state index in [1.54, 1.807) is 0 Å². The Kier molecular flexibility index (Phi) is 6.35. The van der Waals surface area contributed by atoms with Crippen LogP contribution in [-0.2, 0) is 21.4 Å². The molecule has 0 unspecified atom stereocenters. The van der Waals surface area contributed by atoms with Gasteiger partial charge in [-0.25, -0.2) is 17.5 Å². The number of sulfonamides is 1. The van der Waals surface area contributed by atoms with Crippen LogP contribution in [0.2, 0.25) is 5.02 Å². The van der Waals surface area contributed by atoms with E-state index in [2.05, 4.69) is 10.0 Å². The number of ether oxygens (including phenoxy) is 1. The van der Waals surface area contributed by atoms with Crippen molar-refractivity contribution >= 4 is 27.5 Å². The first kappa shape index (κ1) is 19.2. The summed E-state index contributed by atoms with van der Waals surface area (Å²) in [5.41, 5.74) is 0.689. The summed E-state index contributed by atoms with van der Waals surface area (Å²) < 4.78 is 44.6. The third kappa shape index (κ3) is 5.42.